The van der Waals surface area contributed by atoms with Crippen LogP contribution in [0.25, 0.3) is 0 Å². The second-order valence-corrected chi connectivity index (χ2v) is 5.22. The van der Waals surface area contributed by atoms with Crippen molar-refractivity contribution in [2.24, 2.45) is 0 Å². The molecule has 1 fully saturated rings. The molecule has 0 spiro atoms. The lowest BCUT2D eigenvalue weighted by Gasteiger charge is -2.19. The fourth-order valence-corrected chi connectivity index (χ4v) is 2.10. The first-order valence-electron chi connectivity index (χ1n) is 6.86. The first-order valence-corrected chi connectivity index (χ1v) is 6.86. The molecule has 5 heteroatoms. The van der Waals surface area contributed by atoms with Crippen molar-refractivity contribution in [1.82, 2.24) is 5.32 Å². The average Bonchev–Trinajstić information content (AvgIpc) is 2.78. The van der Waals surface area contributed by atoms with Gasteiger partial charge in [-0.2, -0.15) is 0 Å². The lowest BCUT2D eigenvalue weighted by Crippen LogP contribution is -2.37. The molecule has 0 saturated carbocycles. The van der Waals surface area contributed by atoms with Gasteiger partial charge in [0.1, 0.15) is 0 Å². The van der Waals surface area contributed by atoms with E-state index in [9.17, 15) is 10.2 Å². The molecule has 1 heterocycles. The van der Waals surface area contributed by atoms with Crippen LogP contribution < -0.4 is 5.32 Å². The predicted octanol–water partition coefficient (Wildman–Crippen LogP) is 0.292. The first-order chi connectivity index (χ1) is 8.58. The molecule has 0 bridgehead atoms. The third-order valence-corrected chi connectivity index (χ3v) is 3.03. The van der Waals surface area contributed by atoms with Gasteiger partial charge in [0, 0.05) is 19.2 Å². The monoisotopic (exact) mass is 261 g/mol. The van der Waals surface area contributed by atoms with Crippen molar-refractivity contribution in [2.45, 2.75) is 57.5 Å². The lowest BCUT2D eigenvalue weighted by atomic mass is 10.1. The topological polar surface area (TPSA) is 71.0 Å². The molecule has 5 nitrogen and oxygen atoms in total. The molecule has 1 aliphatic rings. The molecule has 3 N–H and O–H groups in total. The molecule has 1 rings (SSSR count). The molecule has 0 amide bonds. The molecular weight excluding hydrogens is 234 g/mol. The fraction of sp³-hybridized carbons (Fsp3) is 1.00. The maximum Gasteiger partial charge on any atom is 0.0897 e. The van der Waals surface area contributed by atoms with E-state index in [1.165, 1.54) is 0 Å². The number of hydrogen-bond acceptors (Lipinski definition) is 5. The summed E-state index contributed by atoms with van der Waals surface area (Å²) >= 11 is 0. The number of ether oxygens (including phenoxy) is 2. The Morgan fingerprint density at radius 3 is 2.78 bits per heavy atom. The summed E-state index contributed by atoms with van der Waals surface area (Å²) < 4.78 is 10.9. The molecule has 0 radical (unpaired) electrons. The first kappa shape index (κ1) is 15.9. The molecule has 0 aliphatic carbocycles. The third-order valence-electron chi connectivity index (χ3n) is 3.03. The molecule has 1 aliphatic heterocycles. The summed E-state index contributed by atoms with van der Waals surface area (Å²) in [7, 11) is 0. The Labute approximate surface area is 109 Å². The summed E-state index contributed by atoms with van der Waals surface area (Å²) in [5, 5.41) is 22.1. The van der Waals surface area contributed by atoms with E-state index < -0.39 is 6.10 Å². The minimum atomic E-state index is -0.511. The van der Waals surface area contributed by atoms with Crippen molar-refractivity contribution in [3.8, 4) is 0 Å². The summed E-state index contributed by atoms with van der Waals surface area (Å²) in [5.74, 6) is 0. The molecule has 18 heavy (non-hydrogen) atoms. The number of nitrogens with one attached hydrogen (secondary N) is 1. The summed E-state index contributed by atoms with van der Waals surface area (Å²) in [6.45, 7) is 5.97. The standard InChI is InChI=1S/C13H27NO4/c1-10(6-11(2)15)14-7-12(16)8-17-9-13-4-3-5-18-13/h10-16H,3-9H2,1-2H3. The molecule has 108 valence electrons. The van der Waals surface area contributed by atoms with Gasteiger partial charge in [-0.05, 0) is 33.1 Å². The van der Waals surface area contributed by atoms with Gasteiger partial charge in [0.15, 0.2) is 0 Å². The van der Waals surface area contributed by atoms with Gasteiger partial charge in [0.25, 0.3) is 0 Å². The van der Waals surface area contributed by atoms with Crippen LogP contribution in [-0.2, 0) is 9.47 Å². The second kappa shape index (κ2) is 8.82. The predicted molar refractivity (Wildman–Crippen MR) is 69.6 cm³/mol. The van der Waals surface area contributed by atoms with Crippen molar-refractivity contribution in [1.29, 1.82) is 0 Å². The molecule has 0 aromatic heterocycles. The Morgan fingerprint density at radius 1 is 1.39 bits per heavy atom. The van der Waals surface area contributed by atoms with Crippen LogP contribution in [0.5, 0.6) is 0 Å². The van der Waals surface area contributed by atoms with Crippen LogP contribution in [0.1, 0.15) is 33.1 Å². The van der Waals surface area contributed by atoms with Crippen LogP contribution in [0.4, 0.5) is 0 Å². The number of aliphatic hydroxyl groups excluding tert-OH is 2. The summed E-state index contributed by atoms with van der Waals surface area (Å²) in [4.78, 5) is 0. The van der Waals surface area contributed by atoms with Gasteiger partial charge in [-0.15, -0.1) is 0 Å². The van der Waals surface area contributed by atoms with E-state index in [1.807, 2.05) is 6.92 Å². The van der Waals surface area contributed by atoms with Crippen LogP contribution in [0.15, 0.2) is 0 Å². The number of hydrogen-bond donors (Lipinski definition) is 3. The summed E-state index contributed by atoms with van der Waals surface area (Å²) in [6.07, 6.45) is 2.22. The van der Waals surface area contributed by atoms with Gasteiger partial charge < -0.3 is 25.0 Å². The van der Waals surface area contributed by atoms with Gasteiger partial charge >= 0.3 is 0 Å². The molecular formula is C13H27NO4. The van der Waals surface area contributed by atoms with Gasteiger partial charge in [0.05, 0.1) is 31.5 Å². The summed E-state index contributed by atoms with van der Waals surface area (Å²) in [6, 6.07) is 0.192. The quantitative estimate of drug-likeness (QED) is 0.556. The normalized spacial score (nSPS) is 25.0. The Balaban J connectivity index is 1.97. The highest BCUT2D eigenvalue weighted by Crippen LogP contribution is 2.11. The molecule has 0 aromatic carbocycles. The van der Waals surface area contributed by atoms with Crippen molar-refractivity contribution in [2.75, 3.05) is 26.4 Å². The van der Waals surface area contributed by atoms with E-state index in [2.05, 4.69) is 5.32 Å². The highest BCUT2D eigenvalue weighted by Gasteiger charge is 2.16. The van der Waals surface area contributed by atoms with Crippen LogP contribution >= 0.6 is 0 Å². The Bertz CT molecular complexity index is 207. The smallest absolute Gasteiger partial charge is 0.0897 e. The van der Waals surface area contributed by atoms with E-state index in [0.717, 1.165) is 19.4 Å². The molecule has 0 aromatic rings. The lowest BCUT2D eigenvalue weighted by molar-refractivity contribution is -0.0171. The highest BCUT2D eigenvalue weighted by molar-refractivity contribution is 4.68. The largest absolute Gasteiger partial charge is 0.393 e. The zero-order valence-electron chi connectivity index (χ0n) is 11.5. The van der Waals surface area contributed by atoms with E-state index in [1.54, 1.807) is 6.92 Å². The number of rotatable bonds is 9. The highest BCUT2D eigenvalue weighted by atomic mass is 16.5. The van der Waals surface area contributed by atoms with Crippen molar-refractivity contribution < 1.29 is 19.7 Å². The van der Waals surface area contributed by atoms with Crippen molar-refractivity contribution in [3.05, 3.63) is 0 Å². The van der Waals surface area contributed by atoms with Gasteiger partial charge in [-0.25, -0.2) is 0 Å². The third kappa shape index (κ3) is 7.28. The minimum Gasteiger partial charge on any atom is -0.393 e. The van der Waals surface area contributed by atoms with E-state index in [0.29, 0.717) is 26.2 Å². The fourth-order valence-electron chi connectivity index (χ4n) is 2.10. The van der Waals surface area contributed by atoms with E-state index in [-0.39, 0.29) is 18.2 Å². The van der Waals surface area contributed by atoms with Crippen LogP contribution in [0, 0.1) is 0 Å². The Hall–Kier alpha value is -0.200. The van der Waals surface area contributed by atoms with Gasteiger partial charge in [0.2, 0.25) is 0 Å². The van der Waals surface area contributed by atoms with Gasteiger partial charge in [-0.1, -0.05) is 0 Å². The van der Waals surface area contributed by atoms with Crippen LogP contribution in [-0.4, -0.2) is 60.9 Å². The molecule has 1 saturated heterocycles. The Morgan fingerprint density at radius 2 is 2.17 bits per heavy atom. The minimum absolute atomic E-state index is 0.192. The van der Waals surface area contributed by atoms with Crippen LogP contribution in [0.3, 0.4) is 0 Å². The van der Waals surface area contributed by atoms with Crippen molar-refractivity contribution >= 4 is 0 Å². The molecule has 4 atom stereocenters. The van der Waals surface area contributed by atoms with Crippen molar-refractivity contribution in [3.63, 3.8) is 0 Å². The van der Waals surface area contributed by atoms with Gasteiger partial charge in [-0.3, -0.25) is 0 Å². The molecule has 4 unspecified atom stereocenters. The number of aliphatic hydroxyl groups is 2. The SMILES string of the molecule is CC(O)CC(C)NCC(O)COCC1CCCO1. The summed E-state index contributed by atoms with van der Waals surface area (Å²) in [5.41, 5.74) is 0. The maximum absolute atomic E-state index is 9.72. The zero-order valence-corrected chi connectivity index (χ0v) is 11.5. The second-order valence-electron chi connectivity index (χ2n) is 5.22. The zero-order chi connectivity index (χ0) is 13.4. The Kier molecular flexibility index (Phi) is 7.77. The van der Waals surface area contributed by atoms with Crippen LogP contribution in [0.2, 0.25) is 0 Å². The average molecular weight is 261 g/mol. The van der Waals surface area contributed by atoms with E-state index in [4.69, 9.17) is 9.47 Å². The maximum atomic E-state index is 9.72. The van der Waals surface area contributed by atoms with E-state index >= 15 is 0 Å².